The van der Waals surface area contributed by atoms with Crippen molar-refractivity contribution in [1.82, 2.24) is 5.32 Å². The minimum absolute atomic E-state index is 0.239. The topological polar surface area (TPSA) is 92.5 Å². The molecule has 0 radical (unpaired) electrons. The smallest absolute Gasteiger partial charge is 0.313 e. The van der Waals surface area contributed by atoms with E-state index in [0.29, 0.717) is 17.7 Å². The number of nitrogens with one attached hydrogen (secondary N) is 1. The number of carbonyl (C=O) groups excluding carboxylic acids is 3. The van der Waals surface area contributed by atoms with E-state index in [-0.39, 0.29) is 6.42 Å². The lowest BCUT2D eigenvalue weighted by Crippen LogP contribution is -2.67. The second-order valence-electron chi connectivity index (χ2n) is 5.21. The predicted octanol–water partition coefficient (Wildman–Crippen LogP) is 1.44. The van der Waals surface area contributed by atoms with Crippen LogP contribution < -0.4 is 16.0 Å². The van der Waals surface area contributed by atoms with Crippen LogP contribution in [0.15, 0.2) is 24.3 Å². The molecule has 0 bridgehead atoms. The van der Waals surface area contributed by atoms with Crippen molar-refractivity contribution in [3.8, 4) is 0 Å². The molecule has 1 atom stereocenters. The van der Waals surface area contributed by atoms with E-state index in [1.165, 1.54) is 4.90 Å². The molecule has 0 spiro atoms. The number of likely N-dealkylation sites (N-methyl/N-ethyl adjacent to an activating group) is 1. The first-order chi connectivity index (χ1) is 9.94. The highest BCUT2D eigenvalue weighted by Crippen LogP contribution is 2.34. The minimum Gasteiger partial charge on any atom is -0.352 e. The number of amides is 3. The van der Waals surface area contributed by atoms with E-state index < -0.39 is 23.3 Å². The number of unbranched alkanes of at least 4 members (excludes halogenated alkanes) is 1. The van der Waals surface area contributed by atoms with Crippen LogP contribution in [0, 0.1) is 0 Å². The number of Topliss-reactive ketones (excluding diaryl/α,β-unsaturated/α-hetero) is 1. The first-order valence-electron chi connectivity index (χ1n) is 6.93. The van der Waals surface area contributed by atoms with Crippen molar-refractivity contribution in [1.29, 1.82) is 0 Å². The lowest BCUT2D eigenvalue weighted by atomic mass is 9.79. The van der Waals surface area contributed by atoms with Gasteiger partial charge in [-0.1, -0.05) is 31.9 Å². The molecule has 1 aliphatic heterocycles. The van der Waals surface area contributed by atoms with Gasteiger partial charge in [0.1, 0.15) is 0 Å². The fourth-order valence-corrected chi connectivity index (χ4v) is 2.73. The molecule has 1 aromatic rings. The highest BCUT2D eigenvalue weighted by Gasteiger charge is 2.52. The number of nitrogens with two attached hydrogens (primary N) is 1. The fourth-order valence-electron chi connectivity index (χ4n) is 2.73. The molecule has 0 saturated heterocycles. The van der Waals surface area contributed by atoms with Gasteiger partial charge >= 0.3 is 6.03 Å². The molecule has 2 rings (SSSR count). The van der Waals surface area contributed by atoms with E-state index in [9.17, 15) is 14.4 Å². The summed E-state index contributed by atoms with van der Waals surface area (Å²) in [5, 5.41) is 2.40. The maximum atomic E-state index is 12.8. The Morgan fingerprint density at radius 1 is 1.33 bits per heavy atom. The number of hydrogen-bond acceptors (Lipinski definition) is 3. The third kappa shape index (κ3) is 2.37. The van der Waals surface area contributed by atoms with E-state index in [4.69, 9.17) is 5.73 Å². The standard InChI is InChI=1S/C15H19N3O3/c1-3-4-9-15(17-14(16)21)12(19)10-7-5-6-8-11(10)18(2)13(15)20/h5-8H,3-4,9H2,1-2H3,(H3,16,17,21). The Morgan fingerprint density at radius 3 is 2.62 bits per heavy atom. The number of primary amides is 1. The van der Waals surface area contributed by atoms with Crippen LogP contribution in [0.25, 0.3) is 0 Å². The molecule has 1 unspecified atom stereocenters. The Morgan fingerprint density at radius 2 is 2.00 bits per heavy atom. The minimum atomic E-state index is -1.59. The van der Waals surface area contributed by atoms with Gasteiger partial charge in [0.2, 0.25) is 0 Å². The van der Waals surface area contributed by atoms with Crippen molar-refractivity contribution in [2.45, 2.75) is 31.7 Å². The van der Waals surface area contributed by atoms with Gasteiger partial charge in [-0.2, -0.15) is 0 Å². The molecule has 6 heteroatoms. The number of carbonyl (C=O) groups is 3. The van der Waals surface area contributed by atoms with Crippen LogP contribution in [0.3, 0.4) is 0 Å². The SMILES string of the molecule is CCCCC1(NC(N)=O)C(=O)c2ccccc2N(C)C1=O. The van der Waals surface area contributed by atoms with Crippen LogP contribution in [0.2, 0.25) is 0 Å². The van der Waals surface area contributed by atoms with Gasteiger partial charge in [-0.15, -0.1) is 0 Å². The number of benzene rings is 1. The van der Waals surface area contributed by atoms with Gasteiger partial charge in [0, 0.05) is 12.6 Å². The third-order valence-electron chi connectivity index (χ3n) is 3.81. The van der Waals surface area contributed by atoms with Crippen molar-refractivity contribution in [2.24, 2.45) is 5.73 Å². The van der Waals surface area contributed by atoms with Gasteiger partial charge in [-0.25, -0.2) is 4.79 Å². The number of anilines is 1. The monoisotopic (exact) mass is 289 g/mol. The van der Waals surface area contributed by atoms with E-state index >= 15 is 0 Å². The molecule has 1 aliphatic rings. The second kappa shape index (κ2) is 5.55. The summed E-state index contributed by atoms with van der Waals surface area (Å²) in [4.78, 5) is 38.3. The maximum Gasteiger partial charge on any atom is 0.313 e. The van der Waals surface area contributed by atoms with Gasteiger partial charge in [0.15, 0.2) is 11.3 Å². The Bertz CT molecular complexity index is 600. The summed E-state index contributed by atoms with van der Waals surface area (Å²) in [5.41, 5.74) is 4.57. The van der Waals surface area contributed by atoms with Crippen molar-refractivity contribution in [3.05, 3.63) is 29.8 Å². The Kier molecular flexibility index (Phi) is 3.97. The number of urea groups is 1. The summed E-state index contributed by atoms with van der Waals surface area (Å²) in [6.45, 7) is 1.95. The molecule has 3 amide bonds. The zero-order valence-electron chi connectivity index (χ0n) is 12.2. The van der Waals surface area contributed by atoms with Gasteiger partial charge in [-0.05, 0) is 18.6 Å². The summed E-state index contributed by atoms with van der Waals surface area (Å²) >= 11 is 0. The summed E-state index contributed by atoms with van der Waals surface area (Å²) < 4.78 is 0. The first kappa shape index (κ1) is 15.0. The lowest BCUT2D eigenvalue weighted by Gasteiger charge is -2.39. The Labute approximate surface area is 123 Å². The van der Waals surface area contributed by atoms with Gasteiger partial charge in [0.05, 0.1) is 5.69 Å². The summed E-state index contributed by atoms with van der Waals surface area (Å²) in [7, 11) is 1.59. The van der Waals surface area contributed by atoms with Crippen LogP contribution in [0.4, 0.5) is 10.5 Å². The largest absolute Gasteiger partial charge is 0.352 e. The second-order valence-corrected chi connectivity index (χ2v) is 5.21. The maximum absolute atomic E-state index is 12.8. The van der Waals surface area contributed by atoms with Crippen LogP contribution in [0.1, 0.15) is 36.5 Å². The highest BCUT2D eigenvalue weighted by atomic mass is 16.2. The normalized spacial score (nSPS) is 21.1. The molecule has 0 fully saturated rings. The van der Waals surface area contributed by atoms with E-state index in [1.54, 1.807) is 31.3 Å². The van der Waals surface area contributed by atoms with E-state index in [2.05, 4.69) is 5.32 Å². The average molecular weight is 289 g/mol. The van der Waals surface area contributed by atoms with Crippen LogP contribution in [0.5, 0.6) is 0 Å². The van der Waals surface area contributed by atoms with Gasteiger partial charge in [0.25, 0.3) is 5.91 Å². The summed E-state index contributed by atoms with van der Waals surface area (Å²) in [5.74, 6) is -0.841. The fraction of sp³-hybridized carbons (Fsp3) is 0.400. The van der Waals surface area contributed by atoms with Crippen LogP contribution >= 0.6 is 0 Å². The summed E-state index contributed by atoms with van der Waals surface area (Å²) in [6, 6.07) is 5.98. The first-order valence-corrected chi connectivity index (χ1v) is 6.93. The lowest BCUT2D eigenvalue weighted by molar-refractivity contribution is -0.123. The molecule has 112 valence electrons. The molecule has 1 heterocycles. The number of rotatable bonds is 4. The molecule has 0 aromatic heterocycles. The van der Waals surface area contributed by atoms with E-state index in [1.807, 2.05) is 6.92 Å². The van der Waals surface area contributed by atoms with Gasteiger partial charge < -0.3 is 16.0 Å². The summed E-state index contributed by atoms with van der Waals surface area (Å²) in [6.07, 6.45) is 1.67. The quantitative estimate of drug-likeness (QED) is 0.821. The average Bonchev–Trinajstić information content (AvgIpc) is 2.47. The van der Waals surface area contributed by atoms with Crippen LogP contribution in [-0.4, -0.2) is 30.3 Å². The molecular weight excluding hydrogens is 270 g/mol. The molecule has 6 nitrogen and oxygen atoms in total. The molecule has 3 N–H and O–H groups in total. The number of nitrogens with zero attached hydrogens (tertiary/aromatic N) is 1. The molecule has 0 aliphatic carbocycles. The Balaban J connectivity index is 2.56. The molecule has 1 aromatic carbocycles. The number of para-hydroxylation sites is 1. The van der Waals surface area contributed by atoms with Crippen molar-refractivity contribution >= 4 is 23.4 Å². The third-order valence-corrected chi connectivity index (χ3v) is 3.81. The van der Waals surface area contributed by atoms with Gasteiger partial charge in [-0.3, -0.25) is 9.59 Å². The van der Waals surface area contributed by atoms with Crippen molar-refractivity contribution in [2.75, 3.05) is 11.9 Å². The van der Waals surface area contributed by atoms with Crippen molar-refractivity contribution < 1.29 is 14.4 Å². The van der Waals surface area contributed by atoms with Crippen molar-refractivity contribution in [3.63, 3.8) is 0 Å². The number of ketones is 1. The number of hydrogen-bond donors (Lipinski definition) is 2. The number of fused-ring (bicyclic) bond motifs is 1. The molecule has 21 heavy (non-hydrogen) atoms. The zero-order valence-corrected chi connectivity index (χ0v) is 12.2. The predicted molar refractivity (Wildman–Crippen MR) is 79.2 cm³/mol. The van der Waals surface area contributed by atoms with E-state index in [0.717, 1.165) is 6.42 Å². The molecule has 0 saturated carbocycles. The Hall–Kier alpha value is -2.37. The molecular formula is C15H19N3O3. The zero-order chi connectivity index (χ0) is 15.6. The highest BCUT2D eigenvalue weighted by molar-refractivity contribution is 6.28. The van der Waals surface area contributed by atoms with Crippen LogP contribution in [-0.2, 0) is 4.79 Å².